The van der Waals surface area contributed by atoms with Crippen LogP contribution in [0.1, 0.15) is 15.9 Å². The Bertz CT molecular complexity index is 1130. The Labute approximate surface area is 144 Å². The second kappa shape index (κ2) is 5.60. The fraction of sp³-hybridized carbons (Fsp3) is 0.0476. The van der Waals surface area contributed by atoms with Crippen LogP contribution in [-0.4, -0.2) is 21.2 Å². The molecule has 0 saturated carbocycles. The predicted octanol–water partition coefficient (Wildman–Crippen LogP) is 4.77. The molecule has 4 aromatic rings. The molecular weight excluding hydrogens is 314 g/mol. The quantitative estimate of drug-likeness (QED) is 0.520. The summed E-state index contributed by atoms with van der Waals surface area (Å²) in [5, 5.41) is 20.6. The number of rotatable bonds is 2. The zero-order valence-electron chi connectivity index (χ0n) is 13.5. The monoisotopic (exact) mass is 329 g/mol. The van der Waals surface area contributed by atoms with Crippen LogP contribution in [0.5, 0.6) is 5.75 Å². The molecule has 0 fully saturated rings. The van der Waals surface area contributed by atoms with Crippen LogP contribution in [0.4, 0.5) is 0 Å². The smallest absolute Gasteiger partial charge is 0.337 e. The lowest BCUT2D eigenvalue weighted by Gasteiger charge is -2.12. The first kappa shape index (κ1) is 15.1. The summed E-state index contributed by atoms with van der Waals surface area (Å²) < 4.78 is 0. The summed E-state index contributed by atoms with van der Waals surface area (Å²) in [6, 6.07) is 18.0. The molecule has 0 atom stereocenters. The maximum atomic E-state index is 12.0. The zero-order valence-corrected chi connectivity index (χ0v) is 13.5. The Hall–Kier alpha value is -3.40. The van der Waals surface area contributed by atoms with Gasteiger partial charge in [0.05, 0.1) is 16.6 Å². The number of aromatic carboxylic acids is 1. The number of benzene rings is 3. The molecule has 3 aromatic carbocycles. The molecular formula is C21H15NO3. The van der Waals surface area contributed by atoms with Gasteiger partial charge >= 0.3 is 5.97 Å². The average molecular weight is 329 g/mol. The third-order valence-corrected chi connectivity index (χ3v) is 4.35. The largest absolute Gasteiger partial charge is 0.508 e. The van der Waals surface area contributed by atoms with Crippen LogP contribution in [0.25, 0.3) is 32.9 Å². The van der Waals surface area contributed by atoms with E-state index in [0.717, 1.165) is 16.7 Å². The van der Waals surface area contributed by atoms with Crippen LogP contribution in [0.3, 0.4) is 0 Å². The SMILES string of the molecule is Cc1ccc2nc3c(-c4ccc(O)cc4)cccc3c(C(=O)O)c2c1. The molecule has 0 spiro atoms. The summed E-state index contributed by atoms with van der Waals surface area (Å²) in [7, 11) is 0. The molecule has 0 aliphatic rings. The van der Waals surface area contributed by atoms with E-state index in [4.69, 9.17) is 4.98 Å². The molecule has 1 aromatic heterocycles. The van der Waals surface area contributed by atoms with Gasteiger partial charge in [-0.3, -0.25) is 0 Å². The first-order chi connectivity index (χ1) is 12.0. The molecule has 1 heterocycles. The Kier molecular flexibility index (Phi) is 3.39. The van der Waals surface area contributed by atoms with Crippen molar-refractivity contribution in [3.05, 3.63) is 71.8 Å². The van der Waals surface area contributed by atoms with Crippen LogP contribution in [-0.2, 0) is 0 Å². The van der Waals surface area contributed by atoms with Gasteiger partial charge in [0.2, 0.25) is 0 Å². The molecule has 4 nitrogen and oxygen atoms in total. The topological polar surface area (TPSA) is 70.4 Å². The Balaban J connectivity index is 2.14. The summed E-state index contributed by atoms with van der Waals surface area (Å²) in [6.07, 6.45) is 0. The maximum Gasteiger partial charge on any atom is 0.337 e. The van der Waals surface area contributed by atoms with Crippen molar-refractivity contribution in [2.24, 2.45) is 0 Å². The standard InChI is InChI=1S/C21H15NO3/c1-12-5-10-18-17(11-12)19(21(24)25)16-4-2-3-15(20(16)22-18)13-6-8-14(23)9-7-13/h2-11,23H,1H3,(H,24,25). The number of phenolic OH excluding ortho intramolecular Hbond substituents is 1. The van der Waals surface area contributed by atoms with Crippen LogP contribution in [0, 0.1) is 6.92 Å². The molecule has 0 bridgehead atoms. The van der Waals surface area contributed by atoms with Gasteiger partial charge in [-0.2, -0.15) is 0 Å². The molecule has 4 heteroatoms. The van der Waals surface area contributed by atoms with Crippen LogP contribution in [0.15, 0.2) is 60.7 Å². The van der Waals surface area contributed by atoms with Crippen molar-refractivity contribution in [2.45, 2.75) is 6.92 Å². The van der Waals surface area contributed by atoms with E-state index in [1.165, 1.54) is 0 Å². The van der Waals surface area contributed by atoms with Gasteiger partial charge < -0.3 is 10.2 Å². The Morgan fingerprint density at radius 1 is 0.960 bits per heavy atom. The van der Waals surface area contributed by atoms with Crippen molar-refractivity contribution in [3.8, 4) is 16.9 Å². The predicted molar refractivity (Wildman–Crippen MR) is 98.0 cm³/mol. The van der Waals surface area contributed by atoms with E-state index in [9.17, 15) is 15.0 Å². The van der Waals surface area contributed by atoms with Gasteiger partial charge in [-0.25, -0.2) is 9.78 Å². The zero-order chi connectivity index (χ0) is 17.6. The molecule has 0 aliphatic carbocycles. The number of carboxylic acid groups (broad SMARTS) is 1. The lowest BCUT2D eigenvalue weighted by Crippen LogP contribution is -2.02. The highest BCUT2D eigenvalue weighted by Crippen LogP contribution is 2.33. The number of para-hydroxylation sites is 1. The number of hydrogen-bond donors (Lipinski definition) is 2. The molecule has 4 rings (SSSR count). The van der Waals surface area contributed by atoms with E-state index in [0.29, 0.717) is 21.8 Å². The fourth-order valence-corrected chi connectivity index (χ4v) is 3.18. The van der Waals surface area contributed by atoms with Crippen molar-refractivity contribution >= 4 is 27.8 Å². The Morgan fingerprint density at radius 3 is 2.44 bits per heavy atom. The number of hydrogen-bond acceptors (Lipinski definition) is 3. The number of pyridine rings is 1. The highest BCUT2D eigenvalue weighted by atomic mass is 16.4. The number of aryl methyl sites for hydroxylation is 1. The average Bonchev–Trinajstić information content (AvgIpc) is 2.59. The second-order valence-electron chi connectivity index (χ2n) is 6.06. The van der Waals surface area contributed by atoms with E-state index in [-0.39, 0.29) is 11.3 Å². The van der Waals surface area contributed by atoms with Crippen molar-refractivity contribution in [3.63, 3.8) is 0 Å². The first-order valence-electron chi connectivity index (χ1n) is 7.90. The summed E-state index contributed by atoms with van der Waals surface area (Å²) in [4.78, 5) is 16.7. The third kappa shape index (κ3) is 2.48. The van der Waals surface area contributed by atoms with E-state index in [1.54, 1.807) is 30.3 Å². The summed E-state index contributed by atoms with van der Waals surface area (Å²) in [5.74, 6) is -0.782. The summed E-state index contributed by atoms with van der Waals surface area (Å²) in [5.41, 5.74) is 4.26. The van der Waals surface area contributed by atoms with E-state index in [2.05, 4.69) is 0 Å². The fourth-order valence-electron chi connectivity index (χ4n) is 3.18. The minimum absolute atomic E-state index is 0.184. The van der Waals surface area contributed by atoms with Gasteiger partial charge in [0, 0.05) is 16.3 Å². The van der Waals surface area contributed by atoms with Crippen LogP contribution in [0.2, 0.25) is 0 Å². The lowest BCUT2D eigenvalue weighted by atomic mass is 9.96. The molecule has 2 N–H and O–H groups in total. The Morgan fingerprint density at radius 2 is 1.72 bits per heavy atom. The van der Waals surface area contributed by atoms with Gasteiger partial charge in [-0.1, -0.05) is 42.0 Å². The molecule has 0 amide bonds. The minimum Gasteiger partial charge on any atom is -0.508 e. The first-order valence-corrected chi connectivity index (χ1v) is 7.90. The molecule has 0 radical (unpaired) electrons. The molecule has 122 valence electrons. The van der Waals surface area contributed by atoms with Crippen molar-refractivity contribution in [1.82, 2.24) is 4.98 Å². The normalized spacial score (nSPS) is 11.1. The van der Waals surface area contributed by atoms with Gasteiger partial charge in [-0.15, -0.1) is 0 Å². The van der Waals surface area contributed by atoms with Gasteiger partial charge in [-0.05, 0) is 36.8 Å². The number of carbonyl (C=O) groups is 1. The van der Waals surface area contributed by atoms with Crippen molar-refractivity contribution in [2.75, 3.05) is 0 Å². The molecule has 0 aliphatic heterocycles. The number of carboxylic acids is 1. The van der Waals surface area contributed by atoms with Gasteiger partial charge in [0.1, 0.15) is 5.75 Å². The van der Waals surface area contributed by atoms with Crippen molar-refractivity contribution in [1.29, 1.82) is 0 Å². The van der Waals surface area contributed by atoms with E-state index < -0.39 is 5.97 Å². The van der Waals surface area contributed by atoms with Gasteiger partial charge in [0.25, 0.3) is 0 Å². The lowest BCUT2D eigenvalue weighted by molar-refractivity contribution is 0.0701. The second-order valence-corrected chi connectivity index (χ2v) is 6.06. The molecule has 25 heavy (non-hydrogen) atoms. The maximum absolute atomic E-state index is 12.0. The number of fused-ring (bicyclic) bond motifs is 2. The van der Waals surface area contributed by atoms with E-state index in [1.807, 2.05) is 37.3 Å². The van der Waals surface area contributed by atoms with Crippen LogP contribution < -0.4 is 0 Å². The number of nitrogens with zero attached hydrogens (tertiary/aromatic N) is 1. The number of phenols is 1. The minimum atomic E-state index is -0.967. The van der Waals surface area contributed by atoms with Gasteiger partial charge in [0.15, 0.2) is 0 Å². The highest BCUT2D eigenvalue weighted by Gasteiger charge is 2.17. The number of aromatic nitrogens is 1. The number of aromatic hydroxyl groups is 1. The summed E-state index contributed by atoms with van der Waals surface area (Å²) in [6.45, 7) is 1.93. The third-order valence-electron chi connectivity index (χ3n) is 4.35. The molecule has 0 saturated heterocycles. The van der Waals surface area contributed by atoms with E-state index >= 15 is 0 Å². The van der Waals surface area contributed by atoms with Crippen molar-refractivity contribution < 1.29 is 15.0 Å². The van der Waals surface area contributed by atoms with Crippen LogP contribution >= 0.6 is 0 Å². The molecule has 0 unspecified atom stereocenters. The summed E-state index contributed by atoms with van der Waals surface area (Å²) >= 11 is 0. The highest BCUT2D eigenvalue weighted by molar-refractivity contribution is 6.16.